The summed E-state index contributed by atoms with van der Waals surface area (Å²) in [5, 5.41) is 42.7. The van der Waals surface area contributed by atoms with Crippen LogP contribution in [0, 0.1) is 0 Å². The lowest BCUT2D eigenvalue weighted by atomic mass is 10.0. The lowest BCUT2D eigenvalue weighted by molar-refractivity contribution is 0.445. The van der Waals surface area contributed by atoms with Crippen molar-refractivity contribution < 1.29 is 20.4 Å². The van der Waals surface area contributed by atoms with E-state index in [1.165, 1.54) is 12.1 Å². The van der Waals surface area contributed by atoms with Crippen LogP contribution in [0.1, 0.15) is 76.3 Å². The highest BCUT2D eigenvalue weighted by Gasteiger charge is 2.20. The Morgan fingerprint density at radius 3 is 1.40 bits per heavy atom. The van der Waals surface area contributed by atoms with Gasteiger partial charge in [-0.15, -0.1) is 0 Å². The molecule has 1 aromatic heterocycles. The Morgan fingerprint density at radius 2 is 0.950 bits per heavy atom. The van der Waals surface area contributed by atoms with Gasteiger partial charge in [-0.2, -0.15) is 0 Å². The van der Waals surface area contributed by atoms with Crippen molar-refractivity contribution in [2.45, 2.75) is 78.1 Å². The number of unbranched alkanes of at least 4 members (excludes halogenated alkanes) is 6. The highest BCUT2D eigenvalue weighted by atomic mass is 16.3. The number of aromatic nitrogens is 3. The first-order chi connectivity index (χ1) is 19.4. The second-order valence-electron chi connectivity index (χ2n) is 10.3. The first-order valence-corrected chi connectivity index (χ1v) is 14.3. The van der Waals surface area contributed by atoms with Crippen molar-refractivity contribution in [3.05, 3.63) is 65.7 Å². The van der Waals surface area contributed by atoms with E-state index < -0.39 is 0 Å². The fourth-order valence-corrected chi connectivity index (χ4v) is 4.82. The largest absolute Gasteiger partial charge is 0.508 e. The van der Waals surface area contributed by atoms with Crippen molar-refractivity contribution in [3.63, 3.8) is 0 Å². The van der Waals surface area contributed by atoms with E-state index >= 15 is 0 Å². The van der Waals surface area contributed by atoms with Crippen LogP contribution >= 0.6 is 0 Å². The predicted molar refractivity (Wildman–Crippen MR) is 158 cm³/mol. The van der Waals surface area contributed by atoms with E-state index in [0.717, 1.165) is 56.9 Å². The number of aryl methyl sites for hydroxylation is 2. The van der Waals surface area contributed by atoms with Crippen LogP contribution in [0.15, 0.2) is 54.6 Å². The van der Waals surface area contributed by atoms with Crippen molar-refractivity contribution in [2.75, 3.05) is 0 Å². The lowest BCUT2D eigenvalue weighted by Crippen LogP contribution is -2.02. The minimum absolute atomic E-state index is 0.0409. The highest BCUT2D eigenvalue weighted by Crippen LogP contribution is 2.38. The average molecular weight is 542 g/mol. The molecule has 0 saturated heterocycles. The Balaban J connectivity index is 1.81. The summed E-state index contributed by atoms with van der Waals surface area (Å²) in [6.07, 6.45) is 9.78. The number of hydrogen-bond acceptors (Lipinski definition) is 7. The molecule has 0 aliphatic rings. The first kappa shape index (κ1) is 28.9. The molecule has 4 aromatic rings. The molecular formula is C33H39N3O4. The second-order valence-corrected chi connectivity index (χ2v) is 10.3. The van der Waals surface area contributed by atoms with Gasteiger partial charge in [-0.05, 0) is 48.9 Å². The summed E-state index contributed by atoms with van der Waals surface area (Å²) in [4.78, 5) is 14.0. The summed E-state index contributed by atoms with van der Waals surface area (Å²) in [7, 11) is 0. The molecule has 7 heteroatoms. The van der Waals surface area contributed by atoms with Crippen LogP contribution in [0.3, 0.4) is 0 Å². The average Bonchev–Trinajstić information content (AvgIpc) is 2.95. The van der Waals surface area contributed by atoms with E-state index in [1.807, 2.05) is 30.3 Å². The van der Waals surface area contributed by atoms with Gasteiger partial charge in [0.15, 0.2) is 17.5 Å². The van der Waals surface area contributed by atoms with E-state index in [4.69, 9.17) is 0 Å². The van der Waals surface area contributed by atoms with E-state index in [9.17, 15) is 20.4 Å². The Kier molecular flexibility index (Phi) is 9.95. The van der Waals surface area contributed by atoms with Crippen LogP contribution in [0.2, 0.25) is 0 Å². The van der Waals surface area contributed by atoms with Crippen molar-refractivity contribution in [1.82, 2.24) is 15.0 Å². The van der Waals surface area contributed by atoms with Crippen molar-refractivity contribution >= 4 is 0 Å². The van der Waals surface area contributed by atoms with Gasteiger partial charge in [0.25, 0.3) is 0 Å². The SMILES string of the molecule is CCCCCCc1cc(-c2nc(-c3ccccc3)nc(-c3cc(CCCCCC)c(O)cc3O)n2)c(O)cc1O. The van der Waals surface area contributed by atoms with Crippen molar-refractivity contribution in [1.29, 1.82) is 0 Å². The standard InChI is InChI=1S/C33H39N3O4/c1-3-5-7-10-16-23-18-25(29(39)20-27(23)37)32-34-31(22-14-12-9-13-15-22)35-33(36-32)26-19-24(17-11-8-6-4-2)28(38)21-30(26)40/h9,12-15,18-21,37-40H,3-8,10-11,16-17H2,1-2H3. The topological polar surface area (TPSA) is 120 Å². The summed E-state index contributed by atoms with van der Waals surface area (Å²) in [5.74, 6) is 0.643. The monoisotopic (exact) mass is 541 g/mol. The van der Waals surface area contributed by atoms with Gasteiger partial charge in [0, 0.05) is 17.7 Å². The third kappa shape index (κ3) is 7.08. The first-order valence-electron chi connectivity index (χ1n) is 14.3. The van der Waals surface area contributed by atoms with Crippen molar-refractivity contribution in [3.8, 4) is 57.2 Å². The molecule has 1 heterocycles. The third-order valence-electron chi connectivity index (χ3n) is 7.14. The summed E-state index contributed by atoms with van der Waals surface area (Å²) in [6.45, 7) is 4.31. The molecule has 0 saturated carbocycles. The maximum atomic E-state index is 10.8. The van der Waals surface area contributed by atoms with Gasteiger partial charge in [-0.1, -0.05) is 82.7 Å². The molecule has 0 atom stereocenters. The summed E-state index contributed by atoms with van der Waals surface area (Å²) >= 11 is 0. The molecule has 0 fully saturated rings. The number of nitrogens with zero attached hydrogens (tertiary/aromatic N) is 3. The van der Waals surface area contributed by atoms with Crippen LogP contribution in [0.4, 0.5) is 0 Å². The zero-order valence-corrected chi connectivity index (χ0v) is 23.4. The number of hydrogen-bond donors (Lipinski definition) is 4. The number of rotatable bonds is 13. The lowest BCUT2D eigenvalue weighted by Gasteiger charge is -2.13. The van der Waals surface area contributed by atoms with Gasteiger partial charge in [0.2, 0.25) is 0 Å². The van der Waals surface area contributed by atoms with Gasteiger partial charge in [-0.3, -0.25) is 0 Å². The van der Waals surface area contributed by atoms with Crippen LogP contribution < -0.4 is 0 Å². The molecule has 3 aromatic carbocycles. The van der Waals surface area contributed by atoms with Crippen LogP contribution in [-0.2, 0) is 12.8 Å². The fraction of sp³-hybridized carbons (Fsp3) is 0.364. The molecule has 4 rings (SSSR count). The van der Waals surface area contributed by atoms with E-state index in [2.05, 4.69) is 28.8 Å². The predicted octanol–water partition coefficient (Wildman–Crippen LogP) is 7.94. The fourth-order valence-electron chi connectivity index (χ4n) is 4.82. The maximum Gasteiger partial charge on any atom is 0.167 e. The van der Waals surface area contributed by atoms with Crippen LogP contribution in [-0.4, -0.2) is 35.4 Å². The van der Waals surface area contributed by atoms with E-state index in [0.29, 0.717) is 40.9 Å². The molecule has 0 aliphatic carbocycles. The number of aromatic hydroxyl groups is 4. The minimum Gasteiger partial charge on any atom is -0.508 e. The Labute approximate surface area is 236 Å². The molecule has 7 nitrogen and oxygen atoms in total. The summed E-state index contributed by atoms with van der Waals surface area (Å²) in [5.41, 5.74) is 2.94. The molecule has 0 spiro atoms. The second kappa shape index (κ2) is 13.8. The molecule has 0 aliphatic heterocycles. The normalized spacial score (nSPS) is 11.2. The Hall–Kier alpha value is -4.13. The zero-order valence-electron chi connectivity index (χ0n) is 23.4. The quantitative estimate of drug-likeness (QED) is 0.127. The zero-order chi connectivity index (χ0) is 28.5. The molecular weight excluding hydrogens is 502 g/mol. The number of benzene rings is 3. The molecule has 0 radical (unpaired) electrons. The molecule has 0 bridgehead atoms. The Bertz CT molecular complexity index is 1340. The van der Waals surface area contributed by atoms with Crippen LogP contribution in [0.5, 0.6) is 23.0 Å². The molecule has 0 amide bonds. The minimum atomic E-state index is -0.141. The molecule has 210 valence electrons. The molecule has 0 unspecified atom stereocenters. The van der Waals surface area contributed by atoms with E-state index in [1.54, 1.807) is 12.1 Å². The van der Waals surface area contributed by atoms with Gasteiger partial charge in [0.1, 0.15) is 23.0 Å². The maximum absolute atomic E-state index is 10.8. The highest BCUT2D eigenvalue weighted by molar-refractivity contribution is 5.74. The number of phenolic OH excluding ortho intramolecular Hbond substituents is 4. The molecule has 40 heavy (non-hydrogen) atoms. The van der Waals surface area contributed by atoms with Crippen LogP contribution in [0.25, 0.3) is 34.2 Å². The number of phenols is 4. The Morgan fingerprint density at radius 1 is 0.500 bits per heavy atom. The molecule has 4 N–H and O–H groups in total. The van der Waals surface area contributed by atoms with Gasteiger partial charge >= 0.3 is 0 Å². The van der Waals surface area contributed by atoms with Crippen molar-refractivity contribution in [2.24, 2.45) is 0 Å². The third-order valence-corrected chi connectivity index (χ3v) is 7.14. The van der Waals surface area contributed by atoms with Gasteiger partial charge < -0.3 is 20.4 Å². The smallest absolute Gasteiger partial charge is 0.167 e. The van der Waals surface area contributed by atoms with Gasteiger partial charge in [-0.25, -0.2) is 15.0 Å². The summed E-state index contributed by atoms with van der Waals surface area (Å²) in [6, 6.07) is 15.6. The summed E-state index contributed by atoms with van der Waals surface area (Å²) < 4.78 is 0. The van der Waals surface area contributed by atoms with Gasteiger partial charge in [0.05, 0.1) is 11.1 Å². The van der Waals surface area contributed by atoms with E-state index in [-0.39, 0.29) is 34.6 Å².